The average Bonchev–Trinajstić information content (AvgIpc) is 2.14. The van der Waals surface area contributed by atoms with Crippen molar-refractivity contribution in [1.29, 1.82) is 5.26 Å². The van der Waals surface area contributed by atoms with Gasteiger partial charge in [-0.05, 0) is 19.6 Å². The third-order valence-electron chi connectivity index (χ3n) is 1.13. The summed E-state index contributed by atoms with van der Waals surface area (Å²) >= 11 is 1.43. The molecular weight excluding hydrogens is 186 g/mol. The molecular formula is C9H15NO2S. The Labute approximate surface area is 83.7 Å². The molecule has 0 spiro atoms. The standard InChI is InChI=1S/C9H15NO2S/c1-4-11-9(12-5-2)8(7-10)13-6-3/h4-6H2,1-3H3. The minimum atomic E-state index is 0.361. The van der Waals surface area contributed by atoms with E-state index in [0.29, 0.717) is 24.1 Å². The molecule has 0 aromatic rings. The van der Waals surface area contributed by atoms with Gasteiger partial charge in [-0.1, -0.05) is 6.92 Å². The topological polar surface area (TPSA) is 42.2 Å². The monoisotopic (exact) mass is 201 g/mol. The lowest BCUT2D eigenvalue weighted by Gasteiger charge is -2.09. The Morgan fingerprint density at radius 2 is 1.77 bits per heavy atom. The molecule has 0 rings (SSSR count). The first-order chi connectivity index (χ1) is 6.29. The van der Waals surface area contributed by atoms with Gasteiger partial charge in [0.1, 0.15) is 6.07 Å². The largest absolute Gasteiger partial charge is 0.464 e. The highest BCUT2D eigenvalue weighted by molar-refractivity contribution is 8.03. The fourth-order valence-corrected chi connectivity index (χ4v) is 1.31. The van der Waals surface area contributed by atoms with Crippen LogP contribution < -0.4 is 0 Å². The summed E-state index contributed by atoms with van der Waals surface area (Å²) in [5.41, 5.74) is 0. The fraction of sp³-hybridized carbons (Fsp3) is 0.667. The van der Waals surface area contributed by atoms with Crippen LogP contribution in [0.3, 0.4) is 0 Å². The van der Waals surface area contributed by atoms with Crippen LogP contribution in [0.25, 0.3) is 0 Å². The summed E-state index contributed by atoms with van der Waals surface area (Å²) in [5.74, 6) is 1.20. The first-order valence-electron chi connectivity index (χ1n) is 4.32. The van der Waals surface area contributed by atoms with Crippen molar-refractivity contribution in [2.45, 2.75) is 20.8 Å². The molecule has 0 fully saturated rings. The molecule has 0 unspecified atom stereocenters. The minimum absolute atomic E-state index is 0.361. The van der Waals surface area contributed by atoms with E-state index >= 15 is 0 Å². The third kappa shape index (κ3) is 4.69. The van der Waals surface area contributed by atoms with Crippen LogP contribution in [-0.2, 0) is 9.47 Å². The van der Waals surface area contributed by atoms with E-state index in [2.05, 4.69) is 6.07 Å². The highest BCUT2D eigenvalue weighted by Crippen LogP contribution is 2.20. The zero-order valence-corrected chi connectivity index (χ0v) is 9.11. The van der Waals surface area contributed by atoms with Gasteiger partial charge in [-0.3, -0.25) is 0 Å². The van der Waals surface area contributed by atoms with Crippen molar-refractivity contribution in [1.82, 2.24) is 0 Å². The number of ether oxygens (including phenoxy) is 2. The van der Waals surface area contributed by atoms with Gasteiger partial charge in [-0.25, -0.2) is 0 Å². The van der Waals surface area contributed by atoms with Crippen LogP contribution in [0, 0.1) is 11.3 Å². The van der Waals surface area contributed by atoms with Crippen LogP contribution >= 0.6 is 11.8 Å². The molecule has 4 heteroatoms. The molecule has 3 nitrogen and oxygen atoms in total. The Balaban J connectivity index is 4.47. The first-order valence-corrected chi connectivity index (χ1v) is 5.31. The third-order valence-corrected chi connectivity index (χ3v) is 1.96. The van der Waals surface area contributed by atoms with Crippen molar-refractivity contribution in [3.8, 4) is 6.07 Å². The number of rotatable bonds is 6. The predicted molar refractivity (Wildman–Crippen MR) is 54.0 cm³/mol. The number of nitriles is 1. The number of nitrogens with zero attached hydrogens (tertiary/aromatic N) is 1. The van der Waals surface area contributed by atoms with Crippen LogP contribution in [0.15, 0.2) is 10.9 Å². The van der Waals surface area contributed by atoms with Gasteiger partial charge in [-0.2, -0.15) is 5.26 Å². The quantitative estimate of drug-likeness (QED) is 0.489. The fourth-order valence-electron chi connectivity index (χ4n) is 0.716. The van der Waals surface area contributed by atoms with Crippen LogP contribution in [0.4, 0.5) is 0 Å². The second kappa shape index (κ2) is 7.81. The molecule has 0 atom stereocenters. The summed E-state index contributed by atoms with van der Waals surface area (Å²) in [7, 11) is 0. The van der Waals surface area contributed by atoms with Crippen molar-refractivity contribution >= 4 is 11.8 Å². The summed E-state index contributed by atoms with van der Waals surface area (Å²) in [6.45, 7) is 6.75. The second-order valence-electron chi connectivity index (χ2n) is 2.03. The molecule has 0 aromatic heterocycles. The zero-order valence-electron chi connectivity index (χ0n) is 8.29. The van der Waals surface area contributed by atoms with Gasteiger partial charge in [-0.15, -0.1) is 11.8 Å². The lowest BCUT2D eigenvalue weighted by Crippen LogP contribution is -2.00. The molecule has 0 aliphatic carbocycles. The van der Waals surface area contributed by atoms with E-state index in [4.69, 9.17) is 14.7 Å². The Morgan fingerprint density at radius 3 is 2.08 bits per heavy atom. The SMILES string of the molecule is CCOC(OCC)=C(C#N)SCC. The maximum atomic E-state index is 8.79. The average molecular weight is 201 g/mol. The summed E-state index contributed by atoms with van der Waals surface area (Å²) < 4.78 is 10.4. The number of allylic oxidation sites excluding steroid dienone is 1. The maximum absolute atomic E-state index is 8.79. The van der Waals surface area contributed by atoms with Crippen LogP contribution in [0.5, 0.6) is 0 Å². The van der Waals surface area contributed by atoms with Gasteiger partial charge in [0.25, 0.3) is 0 Å². The number of thioether (sulfide) groups is 1. The molecule has 0 N–H and O–H groups in total. The van der Waals surface area contributed by atoms with Crippen molar-refractivity contribution in [2.75, 3.05) is 19.0 Å². The second-order valence-corrected chi connectivity index (χ2v) is 3.30. The summed E-state index contributed by atoms with van der Waals surface area (Å²) in [6, 6.07) is 2.07. The van der Waals surface area contributed by atoms with E-state index in [1.807, 2.05) is 20.8 Å². The molecule has 74 valence electrons. The predicted octanol–water partition coefficient (Wildman–Crippen LogP) is 2.51. The van der Waals surface area contributed by atoms with Gasteiger partial charge in [0.15, 0.2) is 4.91 Å². The summed E-state index contributed by atoms with van der Waals surface area (Å²) in [6.07, 6.45) is 0. The Hall–Kier alpha value is -0.820. The van der Waals surface area contributed by atoms with Crippen molar-refractivity contribution < 1.29 is 9.47 Å². The molecule has 0 aromatic carbocycles. The van der Waals surface area contributed by atoms with Crippen LogP contribution in [-0.4, -0.2) is 19.0 Å². The van der Waals surface area contributed by atoms with Crippen LogP contribution in [0.1, 0.15) is 20.8 Å². The molecule has 0 radical (unpaired) electrons. The highest BCUT2D eigenvalue weighted by Gasteiger charge is 2.08. The van der Waals surface area contributed by atoms with Gasteiger partial charge < -0.3 is 9.47 Å². The number of hydrogen-bond acceptors (Lipinski definition) is 4. The summed E-state index contributed by atoms with van der Waals surface area (Å²) in [5, 5.41) is 8.79. The van der Waals surface area contributed by atoms with Gasteiger partial charge in [0, 0.05) is 0 Å². The molecule has 13 heavy (non-hydrogen) atoms. The summed E-state index contributed by atoms with van der Waals surface area (Å²) in [4.78, 5) is 0.520. The van der Waals surface area contributed by atoms with Crippen molar-refractivity contribution in [2.24, 2.45) is 0 Å². The van der Waals surface area contributed by atoms with Gasteiger partial charge in [0.05, 0.1) is 13.2 Å². The lowest BCUT2D eigenvalue weighted by atomic mass is 10.6. The van der Waals surface area contributed by atoms with E-state index in [1.165, 1.54) is 11.8 Å². The van der Waals surface area contributed by atoms with E-state index < -0.39 is 0 Å². The highest BCUT2D eigenvalue weighted by atomic mass is 32.2. The Kier molecular flexibility index (Phi) is 7.32. The van der Waals surface area contributed by atoms with Gasteiger partial charge >= 0.3 is 5.95 Å². The zero-order chi connectivity index (χ0) is 10.1. The molecule has 0 aliphatic rings. The maximum Gasteiger partial charge on any atom is 0.304 e. The van der Waals surface area contributed by atoms with Gasteiger partial charge in [0.2, 0.25) is 0 Å². The Bertz CT molecular complexity index is 200. The van der Waals surface area contributed by atoms with E-state index in [-0.39, 0.29) is 0 Å². The van der Waals surface area contributed by atoms with E-state index in [0.717, 1.165) is 5.75 Å². The first kappa shape index (κ1) is 12.2. The number of hydrogen-bond donors (Lipinski definition) is 0. The smallest absolute Gasteiger partial charge is 0.304 e. The van der Waals surface area contributed by atoms with E-state index in [9.17, 15) is 0 Å². The minimum Gasteiger partial charge on any atom is -0.464 e. The Morgan fingerprint density at radius 1 is 1.23 bits per heavy atom. The molecule has 0 heterocycles. The van der Waals surface area contributed by atoms with Crippen molar-refractivity contribution in [3.63, 3.8) is 0 Å². The molecule has 0 saturated carbocycles. The van der Waals surface area contributed by atoms with Crippen molar-refractivity contribution in [3.05, 3.63) is 10.9 Å². The lowest BCUT2D eigenvalue weighted by molar-refractivity contribution is 0.0461. The molecule has 0 amide bonds. The molecule has 0 aliphatic heterocycles. The molecule has 0 saturated heterocycles. The normalized spacial score (nSPS) is 8.77. The van der Waals surface area contributed by atoms with E-state index in [1.54, 1.807) is 0 Å². The molecule has 0 bridgehead atoms. The van der Waals surface area contributed by atoms with Crippen LogP contribution in [0.2, 0.25) is 0 Å².